The molecular formula is C38H44HfO4Si. The maximum atomic E-state index is 5.62. The molecule has 0 N–H and O–H groups in total. The molecule has 0 bridgehead atoms. The zero-order chi connectivity index (χ0) is 31.6. The van der Waals surface area contributed by atoms with Crippen molar-refractivity contribution in [1.82, 2.24) is 0 Å². The first-order valence-electron chi connectivity index (χ1n) is 15.3. The summed E-state index contributed by atoms with van der Waals surface area (Å²) in [6, 6.07) is 25.8. The van der Waals surface area contributed by atoms with E-state index in [1.54, 1.807) is 28.4 Å². The van der Waals surface area contributed by atoms with Crippen LogP contribution in [0.2, 0.25) is 18.7 Å². The van der Waals surface area contributed by atoms with Crippen LogP contribution in [0.1, 0.15) is 29.6 Å². The molecule has 2 aliphatic carbocycles. The molecule has 0 aromatic heterocycles. The number of fused-ring (bicyclic) bond motifs is 2. The number of ether oxygens (including phenoxy) is 4. The summed E-state index contributed by atoms with van der Waals surface area (Å²) in [6.07, 6.45) is 9.74. The van der Waals surface area contributed by atoms with Crippen LogP contribution in [-0.4, -0.2) is 35.4 Å². The normalized spacial score (nSPS) is 19.2. The van der Waals surface area contributed by atoms with Crippen LogP contribution in [0.3, 0.4) is 0 Å². The van der Waals surface area contributed by atoms with Crippen molar-refractivity contribution in [1.29, 1.82) is 0 Å². The Morgan fingerprint density at radius 2 is 0.864 bits per heavy atom. The number of allylic oxidation sites excluding steroid dienone is 2. The minimum absolute atomic E-state index is 0.307. The Hall–Kier alpha value is -3.35. The quantitative estimate of drug-likeness (QED) is 0.168. The molecule has 6 heteroatoms. The van der Waals surface area contributed by atoms with E-state index in [-0.39, 0.29) is 0 Å². The molecule has 4 nitrogen and oxygen atoms in total. The van der Waals surface area contributed by atoms with Gasteiger partial charge in [-0.3, -0.25) is 0 Å². The summed E-state index contributed by atoms with van der Waals surface area (Å²) in [7, 11) is 6.81. The molecule has 0 aliphatic heterocycles. The molecule has 2 unspecified atom stereocenters. The zero-order valence-corrected chi connectivity index (χ0v) is 32.2. The third-order valence-corrected chi connectivity index (χ3v) is 44.9. The molecule has 0 radical (unpaired) electrons. The van der Waals surface area contributed by atoms with Crippen LogP contribution in [0.4, 0.5) is 0 Å². The van der Waals surface area contributed by atoms with Crippen molar-refractivity contribution in [2.75, 3.05) is 28.4 Å². The minimum atomic E-state index is -4.88. The van der Waals surface area contributed by atoms with Crippen molar-refractivity contribution in [2.45, 2.75) is 26.1 Å². The number of benzene rings is 4. The second-order valence-corrected chi connectivity index (χ2v) is 104. The second kappa shape index (κ2) is 9.33. The van der Waals surface area contributed by atoms with Crippen LogP contribution in [0.5, 0.6) is 23.0 Å². The van der Waals surface area contributed by atoms with E-state index in [0.717, 1.165) is 34.1 Å². The molecule has 6 rings (SSSR count). The van der Waals surface area contributed by atoms with E-state index in [0.29, 0.717) is 7.35 Å². The Labute approximate surface area is 257 Å². The van der Waals surface area contributed by atoms with E-state index in [9.17, 15) is 0 Å². The number of methoxy groups -OCH3 is 4. The molecule has 0 saturated heterocycles. The van der Waals surface area contributed by atoms with E-state index >= 15 is 0 Å². The van der Waals surface area contributed by atoms with Crippen LogP contribution in [0, 0.1) is 0 Å². The summed E-state index contributed by atoms with van der Waals surface area (Å²) in [6.45, 7) is 2.34. The maximum absolute atomic E-state index is 5.62. The molecule has 2 aliphatic rings. The summed E-state index contributed by atoms with van der Waals surface area (Å²) < 4.78 is 33.8. The molecule has 44 heavy (non-hydrogen) atoms. The van der Waals surface area contributed by atoms with Crippen LogP contribution in [-0.2, 0) is 14.2 Å². The van der Waals surface area contributed by atoms with Gasteiger partial charge in [-0.25, -0.2) is 0 Å². The number of rotatable bonds is 8. The van der Waals surface area contributed by atoms with Gasteiger partial charge in [-0.2, -0.15) is 0 Å². The van der Waals surface area contributed by atoms with Gasteiger partial charge in [0, 0.05) is 0 Å². The van der Waals surface area contributed by atoms with Gasteiger partial charge < -0.3 is 0 Å². The molecule has 0 fully saturated rings. The van der Waals surface area contributed by atoms with Gasteiger partial charge >= 0.3 is 259 Å². The standard InChI is InChI=1S/2C17H15O2.4CH3.Hf.H2Si/c2*1-18-14-9-13(10-15(11-14)19-2)17-8-4-6-12-5-3-7-16(12)17;;;;;;/h2*3-11H,1-2H3;4*1H3;;1H2. The van der Waals surface area contributed by atoms with Gasteiger partial charge in [0.25, 0.3) is 0 Å². The first-order chi connectivity index (χ1) is 20.6. The summed E-state index contributed by atoms with van der Waals surface area (Å²) in [5.41, 5.74) is 10.0. The third kappa shape index (κ3) is 4.82. The van der Waals surface area contributed by atoms with E-state index in [1.807, 2.05) is 12.1 Å². The molecule has 0 heterocycles. The third-order valence-electron chi connectivity index (χ3n) is 10.5. The van der Waals surface area contributed by atoms with Crippen LogP contribution in [0.25, 0.3) is 34.4 Å². The van der Waals surface area contributed by atoms with Crippen LogP contribution in [0.15, 0.2) is 84.9 Å². The van der Waals surface area contributed by atoms with Crippen molar-refractivity contribution < 1.29 is 33.1 Å². The van der Waals surface area contributed by atoms with Crippen molar-refractivity contribution >= 4 is 19.1 Å². The first kappa shape index (κ1) is 30.7. The van der Waals surface area contributed by atoms with Crippen molar-refractivity contribution in [2.24, 2.45) is 0 Å². The fraction of sp³-hybridized carbons (Fsp3) is 0.263. The Morgan fingerprint density at radius 3 is 1.18 bits per heavy atom. The summed E-state index contributed by atoms with van der Waals surface area (Å²) in [4.78, 5) is 0. The average Bonchev–Trinajstić information content (AvgIpc) is 3.67. The van der Waals surface area contributed by atoms with Crippen LogP contribution >= 0.6 is 0 Å². The van der Waals surface area contributed by atoms with Gasteiger partial charge in [0.2, 0.25) is 0 Å². The van der Waals surface area contributed by atoms with E-state index in [1.165, 1.54) is 33.4 Å². The molecule has 0 spiro atoms. The predicted octanol–water partition coefficient (Wildman–Crippen LogP) is 9.39. The molecule has 228 valence electrons. The fourth-order valence-corrected chi connectivity index (χ4v) is 36.8. The van der Waals surface area contributed by atoms with Gasteiger partial charge in [0.15, 0.2) is 0 Å². The topological polar surface area (TPSA) is 36.9 Å². The SMILES string of the molecule is COc1cc(OC)cc(-c2cccc3c2C=C[CH]3[Hf]([CH3])([CH3])([CH3])([CH3])(=[SiH2])[CH]2C=Cc3c(-c4cc(OC)cc(OC)c4)cccc32)c1. The zero-order valence-electron chi connectivity index (χ0n) is 27.2. The fourth-order valence-electron chi connectivity index (χ4n) is 7.96. The molecule has 4 aromatic carbocycles. The van der Waals surface area contributed by atoms with Gasteiger partial charge in [0.05, 0.1) is 0 Å². The van der Waals surface area contributed by atoms with E-state index in [2.05, 4.69) is 111 Å². The molecule has 4 aromatic rings. The van der Waals surface area contributed by atoms with Crippen molar-refractivity contribution in [3.05, 3.63) is 107 Å². The Bertz CT molecular complexity index is 1830. The van der Waals surface area contributed by atoms with Gasteiger partial charge in [0.1, 0.15) is 0 Å². The average molecular weight is 771 g/mol. The van der Waals surface area contributed by atoms with E-state index in [4.69, 9.17) is 18.9 Å². The van der Waals surface area contributed by atoms with E-state index < -0.39 is 14.2 Å². The summed E-state index contributed by atoms with van der Waals surface area (Å²) in [5.74, 6) is 3.16. The van der Waals surface area contributed by atoms with Crippen molar-refractivity contribution in [3.63, 3.8) is 0 Å². The van der Waals surface area contributed by atoms with Crippen molar-refractivity contribution in [3.8, 4) is 45.3 Å². The van der Waals surface area contributed by atoms with Crippen LogP contribution < -0.4 is 18.9 Å². The molecule has 2 atom stereocenters. The summed E-state index contributed by atoms with van der Waals surface area (Å²) >= 11 is -4.88. The Balaban J connectivity index is 1.50. The monoisotopic (exact) mass is 772 g/mol. The molecular weight excluding hydrogens is 727 g/mol. The number of hydrogen-bond acceptors (Lipinski definition) is 4. The second-order valence-electron chi connectivity index (χ2n) is 16.8. The Kier molecular flexibility index (Phi) is 6.51. The predicted molar refractivity (Wildman–Crippen MR) is 186 cm³/mol. The van der Waals surface area contributed by atoms with Gasteiger partial charge in [-0.15, -0.1) is 0 Å². The molecule has 0 amide bonds. The van der Waals surface area contributed by atoms with Gasteiger partial charge in [-0.1, -0.05) is 0 Å². The van der Waals surface area contributed by atoms with Gasteiger partial charge in [-0.05, 0) is 0 Å². The Morgan fingerprint density at radius 1 is 0.523 bits per heavy atom. The first-order valence-corrected chi connectivity index (χ1v) is 42.2. The molecule has 0 saturated carbocycles. The number of hydrogen-bond donors (Lipinski definition) is 0. The summed E-state index contributed by atoms with van der Waals surface area (Å²) in [5, 5.41) is 0.